The first-order valence-electron chi connectivity index (χ1n) is 6.91. The maximum Gasteiger partial charge on any atom is 0.325 e. The summed E-state index contributed by atoms with van der Waals surface area (Å²) in [7, 11) is 1.59. The zero-order valence-electron chi connectivity index (χ0n) is 12.5. The second-order valence-electron chi connectivity index (χ2n) is 4.70. The average Bonchev–Trinajstić information content (AvgIpc) is 2.59. The summed E-state index contributed by atoms with van der Waals surface area (Å²) in [5.41, 5.74) is 1.33. The lowest BCUT2D eigenvalue weighted by Gasteiger charge is -2.07. The van der Waals surface area contributed by atoms with E-state index in [4.69, 9.17) is 9.47 Å². The van der Waals surface area contributed by atoms with E-state index >= 15 is 0 Å². The number of esters is 1. The van der Waals surface area contributed by atoms with Crippen molar-refractivity contribution in [1.82, 2.24) is 5.32 Å². The summed E-state index contributed by atoms with van der Waals surface area (Å²) in [5, 5.41) is 2.52. The number of rotatable bonds is 6. The van der Waals surface area contributed by atoms with E-state index in [9.17, 15) is 9.59 Å². The number of amides is 1. The Labute approximate surface area is 142 Å². The molecule has 0 spiro atoms. The van der Waals surface area contributed by atoms with Gasteiger partial charge in [-0.3, -0.25) is 9.59 Å². The van der Waals surface area contributed by atoms with Crippen LogP contribution in [0, 0.1) is 0 Å². The molecule has 0 heterocycles. The lowest BCUT2D eigenvalue weighted by Crippen LogP contribution is -2.30. The third-order valence-corrected chi connectivity index (χ3v) is 3.59. The highest BCUT2D eigenvalue weighted by Gasteiger charge is 2.09. The predicted octanol–water partition coefficient (Wildman–Crippen LogP) is 2.93. The third-order valence-electron chi connectivity index (χ3n) is 3.06. The molecule has 120 valence electrons. The predicted molar refractivity (Wildman–Crippen MR) is 89.3 cm³/mol. The summed E-state index contributed by atoms with van der Waals surface area (Å²) in [6.45, 7) is -0.0258. The van der Waals surface area contributed by atoms with E-state index in [2.05, 4.69) is 21.2 Å². The number of methoxy groups -OCH3 is 1. The van der Waals surface area contributed by atoms with E-state index in [1.807, 2.05) is 12.1 Å². The molecule has 23 heavy (non-hydrogen) atoms. The molecule has 1 N–H and O–H groups in total. The summed E-state index contributed by atoms with van der Waals surface area (Å²) in [5.74, 6) is -0.0768. The molecule has 0 atom stereocenters. The minimum atomic E-state index is -0.494. The van der Waals surface area contributed by atoms with Crippen molar-refractivity contribution in [2.45, 2.75) is 6.61 Å². The molecule has 6 heteroatoms. The number of ether oxygens (including phenoxy) is 2. The second kappa shape index (κ2) is 8.33. The van der Waals surface area contributed by atoms with Crippen LogP contribution in [0.2, 0.25) is 0 Å². The van der Waals surface area contributed by atoms with Crippen molar-refractivity contribution in [3.63, 3.8) is 0 Å². The number of benzene rings is 2. The van der Waals surface area contributed by atoms with Gasteiger partial charge in [-0.25, -0.2) is 0 Å². The van der Waals surface area contributed by atoms with Crippen LogP contribution in [-0.2, 0) is 16.1 Å². The van der Waals surface area contributed by atoms with Crippen molar-refractivity contribution in [3.05, 3.63) is 64.1 Å². The van der Waals surface area contributed by atoms with E-state index < -0.39 is 5.97 Å². The molecule has 0 unspecified atom stereocenters. The van der Waals surface area contributed by atoms with Gasteiger partial charge in [-0.15, -0.1) is 0 Å². The average molecular weight is 378 g/mol. The zero-order chi connectivity index (χ0) is 16.7. The first kappa shape index (κ1) is 17.0. The van der Waals surface area contributed by atoms with Crippen LogP contribution < -0.4 is 10.1 Å². The smallest absolute Gasteiger partial charge is 0.325 e. The van der Waals surface area contributed by atoms with Crippen LogP contribution in [0.1, 0.15) is 15.9 Å². The molecule has 2 aromatic carbocycles. The molecule has 0 fully saturated rings. The fourth-order valence-electron chi connectivity index (χ4n) is 1.79. The number of halogens is 1. The van der Waals surface area contributed by atoms with Gasteiger partial charge in [0.1, 0.15) is 18.9 Å². The molecular formula is C17H16BrNO4. The first-order chi connectivity index (χ1) is 11.1. The minimum absolute atomic E-state index is 0.150. The molecule has 0 aliphatic heterocycles. The van der Waals surface area contributed by atoms with Crippen LogP contribution in [-0.4, -0.2) is 25.5 Å². The Morgan fingerprint density at radius 3 is 2.30 bits per heavy atom. The Bertz CT molecular complexity index is 668. The van der Waals surface area contributed by atoms with Gasteiger partial charge >= 0.3 is 5.97 Å². The summed E-state index contributed by atoms with van der Waals surface area (Å²) < 4.78 is 11.0. The lowest BCUT2D eigenvalue weighted by molar-refractivity contribution is -0.143. The first-order valence-corrected chi connectivity index (χ1v) is 7.70. The quantitative estimate of drug-likeness (QED) is 0.786. The van der Waals surface area contributed by atoms with Gasteiger partial charge in [-0.05, 0) is 42.0 Å². The standard InChI is InChI=1S/C17H16BrNO4/c1-22-15-8-2-12(3-9-15)11-23-16(20)10-19-17(21)13-4-6-14(18)7-5-13/h2-9H,10-11H2,1H3,(H,19,21). The van der Waals surface area contributed by atoms with Gasteiger partial charge in [0, 0.05) is 10.0 Å². The Morgan fingerprint density at radius 2 is 1.70 bits per heavy atom. The summed E-state index contributed by atoms with van der Waals surface area (Å²) in [6.07, 6.45) is 0. The highest BCUT2D eigenvalue weighted by atomic mass is 79.9. The third kappa shape index (κ3) is 5.41. The number of hydrogen-bond donors (Lipinski definition) is 1. The van der Waals surface area contributed by atoms with Gasteiger partial charge in [-0.1, -0.05) is 28.1 Å². The molecule has 0 saturated carbocycles. The second-order valence-corrected chi connectivity index (χ2v) is 5.61. The van der Waals surface area contributed by atoms with Crippen molar-refractivity contribution in [3.8, 4) is 5.75 Å². The Hall–Kier alpha value is -2.34. The minimum Gasteiger partial charge on any atom is -0.497 e. The molecule has 1 amide bonds. The molecule has 2 aromatic rings. The topological polar surface area (TPSA) is 64.6 Å². The molecule has 0 saturated heterocycles. The normalized spacial score (nSPS) is 10.0. The summed E-state index contributed by atoms with van der Waals surface area (Å²) in [4.78, 5) is 23.5. The Morgan fingerprint density at radius 1 is 1.04 bits per heavy atom. The van der Waals surface area contributed by atoms with Crippen LogP contribution in [0.3, 0.4) is 0 Å². The number of hydrogen-bond acceptors (Lipinski definition) is 4. The molecule has 2 rings (SSSR count). The van der Waals surface area contributed by atoms with Crippen LogP contribution >= 0.6 is 15.9 Å². The van der Waals surface area contributed by atoms with Crippen molar-refractivity contribution in [1.29, 1.82) is 0 Å². The molecular weight excluding hydrogens is 362 g/mol. The van der Waals surface area contributed by atoms with Gasteiger partial charge in [0.05, 0.1) is 7.11 Å². The molecule has 5 nitrogen and oxygen atoms in total. The van der Waals surface area contributed by atoms with Crippen LogP contribution in [0.4, 0.5) is 0 Å². The van der Waals surface area contributed by atoms with Crippen molar-refractivity contribution < 1.29 is 19.1 Å². The Balaban J connectivity index is 1.76. The van der Waals surface area contributed by atoms with Gasteiger partial charge < -0.3 is 14.8 Å². The molecule has 0 aliphatic rings. The van der Waals surface area contributed by atoms with Crippen LogP contribution in [0.25, 0.3) is 0 Å². The van der Waals surface area contributed by atoms with Gasteiger partial charge in [0.15, 0.2) is 0 Å². The fraction of sp³-hybridized carbons (Fsp3) is 0.176. The number of nitrogens with one attached hydrogen (secondary N) is 1. The van der Waals surface area contributed by atoms with E-state index in [-0.39, 0.29) is 19.1 Å². The Kier molecular flexibility index (Phi) is 6.17. The summed E-state index contributed by atoms with van der Waals surface area (Å²) >= 11 is 3.29. The summed E-state index contributed by atoms with van der Waals surface area (Å²) in [6, 6.07) is 14.1. The van der Waals surface area contributed by atoms with E-state index in [0.29, 0.717) is 5.56 Å². The SMILES string of the molecule is COc1ccc(COC(=O)CNC(=O)c2ccc(Br)cc2)cc1. The molecule has 0 radical (unpaired) electrons. The van der Waals surface area contributed by atoms with E-state index in [0.717, 1.165) is 15.8 Å². The molecule has 0 bridgehead atoms. The number of carbonyl (C=O) groups excluding carboxylic acids is 2. The monoisotopic (exact) mass is 377 g/mol. The van der Waals surface area contributed by atoms with E-state index in [1.54, 1.807) is 43.5 Å². The lowest BCUT2D eigenvalue weighted by atomic mass is 10.2. The van der Waals surface area contributed by atoms with E-state index in [1.165, 1.54) is 0 Å². The zero-order valence-corrected chi connectivity index (χ0v) is 14.1. The number of carbonyl (C=O) groups is 2. The van der Waals surface area contributed by atoms with Gasteiger partial charge in [-0.2, -0.15) is 0 Å². The molecule has 0 aliphatic carbocycles. The highest BCUT2D eigenvalue weighted by Crippen LogP contribution is 2.12. The fourth-order valence-corrected chi connectivity index (χ4v) is 2.06. The molecule has 0 aromatic heterocycles. The van der Waals surface area contributed by atoms with Crippen molar-refractivity contribution >= 4 is 27.8 Å². The van der Waals surface area contributed by atoms with Crippen LogP contribution in [0.5, 0.6) is 5.75 Å². The van der Waals surface area contributed by atoms with Crippen molar-refractivity contribution in [2.24, 2.45) is 0 Å². The largest absolute Gasteiger partial charge is 0.497 e. The van der Waals surface area contributed by atoms with Crippen molar-refractivity contribution in [2.75, 3.05) is 13.7 Å². The van der Waals surface area contributed by atoms with Gasteiger partial charge in [0.2, 0.25) is 0 Å². The maximum absolute atomic E-state index is 11.9. The van der Waals surface area contributed by atoms with Gasteiger partial charge in [0.25, 0.3) is 5.91 Å². The maximum atomic E-state index is 11.9. The highest BCUT2D eigenvalue weighted by molar-refractivity contribution is 9.10. The van der Waals surface area contributed by atoms with Crippen LogP contribution in [0.15, 0.2) is 53.0 Å².